The van der Waals surface area contributed by atoms with Crippen LogP contribution in [0, 0.1) is 5.92 Å². The Labute approximate surface area is 137 Å². The summed E-state index contributed by atoms with van der Waals surface area (Å²) in [7, 11) is 0. The number of hydrogen-bond donors (Lipinski definition) is 2. The first-order valence-corrected chi connectivity index (χ1v) is 9.72. The molecule has 1 unspecified atom stereocenters. The van der Waals surface area contributed by atoms with Gasteiger partial charge in [-0.15, -0.1) is 21.5 Å². The molecule has 1 fully saturated rings. The molecule has 6 nitrogen and oxygen atoms in total. The molecule has 0 aromatic carbocycles. The van der Waals surface area contributed by atoms with Crippen molar-refractivity contribution in [1.29, 1.82) is 0 Å². The molecular formula is C14H18N6S2. The predicted molar refractivity (Wildman–Crippen MR) is 88.6 cm³/mol. The van der Waals surface area contributed by atoms with E-state index in [1.165, 1.54) is 29.8 Å². The number of aromatic nitrogens is 3. The maximum atomic E-state index is 4.41. The van der Waals surface area contributed by atoms with Gasteiger partial charge in [-0.1, -0.05) is 18.7 Å². The highest BCUT2D eigenvalue weighted by atomic mass is 32.2. The summed E-state index contributed by atoms with van der Waals surface area (Å²) in [4.78, 5) is 1.56. The standard InChI is InChI=1S/C14H18N6S2/c1-7-3-4-8-9(5-7)22-12-10(8)11-15-6-16-20(11)13-17-18-14(21-2)19(12)13/h7,11,15-16H,3-6H2,1-2H3/t7-,11?/m0/s1. The van der Waals surface area contributed by atoms with Crippen LogP contribution < -0.4 is 15.8 Å². The summed E-state index contributed by atoms with van der Waals surface area (Å²) >= 11 is 3.60. The van der Waals surface area contributed by atoms with E-state index in [1.807, 2.05) is 11.3 Å². The number of nitrogens with zero attached hydrogens (tertiary/aromatic N) is 4. The van der Waals surface area contributed by atoms with Gasteiger partial charge in [0.15, 0.2) is 5.16 Å². The minimum Gasteiger partial charge on any atom is -0.278 e. The lowest BCUT2D eigenvalue weighted by molar-refractivity contribution is 0.499. The van der Waals surface area contributed by atoms with Crippen LogP contribution in [0.5, 0.6) is 0 Å². The van der Waals surface area contributed by atoms with Gasteiger partial charge in [0.1, 0.15) is 11.2 Å². The maximum Gasteiger partial charge on any atom is 0.249 e. The lowest BCUT2D eigenvalue weighted by Gasteiger charge is -2.31. The number of hydrazine groups is 1. The van der Waals surface area contributed by atoms with Gasteiger partial charge in [-0.25, -0.2) is 9.99 Å². The van der Waals surface area contributed by atoms with Crippen LogP contribution in [0.2, 0.25) is 0 Å². The van der Waals surface area contributed by atoms with Gasteiger partial charge in [-0.05, 0) is 37.0 Å². The molecular weight excluding hydrogens is 316 g/mol. The predicted octanol–water partition coefficient (Wildman–Crippen LogP) is 2.06. The van der Waals surface area contributed by atoms with E-state index in [9.17, 15) is 0 Å². The molecule has 2 N–H and O–H groups in total. The van der Waals surface area contributed by atoms with Crippen LogP contribution in [-0.2, 0) is 12.8 Å². The van der Waals surface area contributed by atoms with Crippen molar-refractivity contribution in [3.8, 4) is 5.00 Å². The summed E-state index contributed by atoms with van der Waals surface area (Å²) in [6.45, 7) is 3.13. The molecule has 2 atom stereocenters. The number of fused-ring (bicyclic) bond motifs is 8. The number of rotatable bonds is 1. The second-order valence-electron chi connectivity index (χ2n) is 6.20. The first kappa shape index (κ1) is 13.4. The number of thioether (sulfide) groups is 1. The Morgan fingerprint density at radius 3 is 3.14 bits per heavy atom. The molecule has 116 valence electrons. The largest absolute Gasteiger partial charge is 0.278 e. The molecule has 4 heterocycles. The minimum absolute atomic E-state index is 0.190. The number of nitrogens with one attached hydrogen (secondary N) is 2. The molecule has 8 heteroatoms. The Hall–Kier alpha value is -1.09. The van der Waals surface area contributed by atoms with Gasteiger partial charge >= 0.3 is 0 Å². The van der Waals surface area contributed by atoms with Crippen molar-refractivity contribution in [2.75, 3.05) is 17.9 Å². The molecule has 2 aliphatic heterocycles. The van der Waals surface area contributed by atoms with Crippen molar-refractivity contribution in [2.45, 2.75) is 37.5 Å². The van der Waals surface area contributed by atoms with Crippen LogP contribution in [0.1, 0.15) is 35.5 Å². The zero-order valence-electron chi connectivity index (χ0n) is 12.6. The average molecular weight is 334 g/mol. The summed E-state index contributed by atoms with van der Waals surface area (Å²) in [6.07, 6.45) is 5.95. The second-order valence-corrected chi connectivity index (χ2v) is 8.06. The highest BCUT2D eigenvalue weighted by Gasteiger charge is 2.41. The second kappa shape index (κ2) is 4.70. The third-order valence-electron chi connectivity index (χ3n) is 4.83. The molecule has 22 heavy (non-hydrogen) atoms. The van der Waals surface area contributed by atoms with Gasteiger partial charge in [0.2, 0.25) is 5.95 Å². The van der Waals surface area contributed by atoms with E-state index in [0.29, 0.717) is 0 Å². The van der Waals surface area contributed by atoms with E-state index in [1.54, 1.807) is 22.2 Å². The molecule has 0 spiro atoms. The Morgan fingerprint density at radius 1 is 1.36 bits per heavy atom. The van der Waals surface area contributed by atoms with Crippen molar-refractivity contribution in [3.05, 3.63) is 16.0 Å². The van der Waals surface area contributed by atoms with Gasteiger partial charge in [0.25, 0.3) is 0 Å². The van der Waals surface area contributed by atoms with E-state index in [2.05, 4.69) is 43.7 Å². The first-order valence-electron chi connectivity index (χ1n) is 7.68. The van der Waals surface area contributed by atoms with Crippen molar-refractivity contribution in [1.82, 2.24) is 25.5 Å². The lowest BCUT2D eigenvalue weighted by Crippen LogP contribution is -2.39. The van der Waals surface area contributed by atoms with Crippen molar-refractivity contribution in [2.24, 2.45) is 5.92 Å². The van der Waals surface area contributed by atoms with Crippen LogP contribution in [0.3, 0.4) is 0 Å². The van der Waals surface area contributed by atoms with Gasteiger partial charge in [-0.2, -0.15) is 0 Å². The van der Waals surface area contributed by atoms with E-state index >= 15 is 0 Å². The average Bonchev–Trinajstić information content (AvgIpc) is 3.21. The highest BCUT2D eigenvalue weighted by molar-refractivity contribution is 7.98. The molecule has 0 bridgehead atoms. The highest BCUT2D eigenvalue weighted by Crippen LogP contribution is 2.47. The maximum absolute atomic E-state index is 4.41. The van der Waals surface area contributed by atoms with Gasteiger partial charge in [0.05, 0.1) is 6.67 Å². The third-order valence-corrected chi connectivity index (χ3v) is 6.71. The van der Waals surface area contributed by atoms with Crippen LogP contribution in [0.4, 0.5) is 5.95 Å². The molecule has 2 aromatic rings. The molecule has 0 saturated carbocycles. The van der Waals surface area contributed by atoms with Crippen LogP contribution in [0.25, 0.3) is 5.00 Å². The molecule has 2 aromatic heterocycles. The Kier molecular flexibility index (Phi) is 2.86. The minimum atomic E-state index is 0.190. The molecule has 1 saturated heterocycles. The van der Waals surface area contributed by atoms with Gasteiger partial charge in [0, 0.05) is 10.4 Å². The van der Waals surface area contributed by atoms with E-state index in [-0.39, 0.29) is 6.17 Å². The van der Waals surface area contributed by atoms with Crippen LogP contribution >= 0.6 is 23.1 Å². The Bertz CT molecular complexity index is 751. The molecule has 0 radical (unpaired) electrons. The first-order chi connectivity index (χ1) is 10.8. The molecule has 5 rings (SSSR count). The topological polar surface area (TPSA) is 58.0 Å². The smallest absolute Gasteiger partial charge is 0.249 e. The fraction of sp³-hybridized carbons (Fsp3) is 0.571. The summed E-state index contributed by atoms with van der Waals surface area (Å²) in [6, 6.07) is 0. The number of thiophene rings is 1. The summed E-state index contributed by atoms with van der Waals surface area (Å²) in [5.74, 6) is 1.69. The fourth-order valence-corrected chi connectivity index (χ4v) is 5.84. The number of hydrogen-bond acceptors (Lipinski definition) is 7. The van der Waals surface area contributed by atoms with Gasteiger partial charge < -0.3 is 0 Å². The monoisotopic (exact) mass is 334 g/mol. The summed E-state index contributed by atoms with van der Waals surface area (Å²) in [5, 5.41) is 16.8. The zero-order chi connectivity index (χ0) is 14.8. The fourth-order valence-electron chi connectivity index (χ4n) is 3.76. The lowest BCUT2D eigenvalue weighted by atomic mass is 9.87. The van der Waals surface area contributed by atoms with Crippen molar-refractivity contribution >= 4 is 29.0 Å². The quantitative estimate of drug-likeness (QED) is 0.779. The summed E-state index contributed by atoms with van der Waals surface area (Å²) < 4.78 is 2.23. The molecule has 3 aliphatic rings. The zero-order valence-corrected chi connectivity index (χ0v) is 14.2. The van der Waals surface area contributed by atoms with Crippen LogP contribution in [-0.4, -0.2) is 27.7 Å². The van der Waals surface area contributed by atoms with E-state index < -0.39 is 0 Å². The van der Waals surface area contributed by atoms with Crippen molar-refractivity contribution < 1.29 is 0 Å². The van der Waals surface area contributed by atoms with E-state index in [4.69, 9.17) is 0 Å². The molecule has 1 aliphatic carbocycles. The van der Waals surface area contributed by atoms with Crippen LogP contribution in [0.15, 0.2) is 5.16 Å². The van der Waals surface area contributed by atoms with Crippen molar-refractivity contribution in [3.63, 3.8) is 0 Å². The SMILES string of the molecule is CSc1nnc2n1-c1sc3c(c1C1NCNN21)CC[C@H](C)C3. The normalized spacial score (nSPS) is 25.6. The Balaban J connectivity index is 1.78. The van der Waals surface area contributed by atoms with E-state index in [0.717, 1.165) is 23.7 Å². The Morgan fingerprint density at radius 2 is 2.27 bits per heavy atom. The summed E-state index contributed by atoms with van der Waals surface area (Å²) in [5.41, 5.74) is 6.40. The van der Waals surface area contributed by atoms with Gasteiger partial charge in [-0.3, -0.25) is 10.3 Å². The molecule has 0 amide bonds. The number of anilines is 1. The third kappa shape index (κ3) is 1.63.